The van der Waals surface area contributed by atoms with E-state index in [-0.39, 0.29) is 17.5 Å². The first kappa shape index (κ1) is 28.5. The number of hydrogen-bond donors (Lipinski definition) is 4. The Morgan fingerprint density at radius 1 is 1.03 bits per heavy atom. The van der Waals surface area contributed by atoms with Crippen LogP contribution in [0.2, 0.25) is 0 Å². The number of phenolic OH excluding ortho intramolecular Hbond substituents is 1. The largest absolute Gasteiger partial charge is 0.505 e. The van der Waals surface area contributed by atoms with E-state index in [1.54, 1.807) is 18.2 Å². The van der Waals surface area contributed by atoms with Crippen LogP contribution in [0, 0.1) is 5.82 Å². The minimum atomic E-state index is -4.02. The summed E-state index contributed by atoms with van der Waals surface area (Å²) in [7, 11) is -8.04. The predicted octanol–water partition coefficient (Wildman–Crippen LogP) is 1.90. The van der Waals surface area contributed by atoms with Crippen molar-refractivity contribution in [2.45, 2.75) is 9.79 Å². The van der Waals surface area contributed by atoms with Crippen molar-refractivity contribution in [2.75, 3.05) is 62.5 Å². The normalized spacial score (nSPS) is 14.6. The molecular weight excluding hydrogens is 551 g/mol. The Labute approximate surface area is 226 Å². The Morgan fingerprint density at radius 3 is 2.33 bits per heavy atom. The zero-order valence-corrected chi connectivity index (χ0v) is 22.9. The summed E-state index contributed by atoms with van der Waals surface area (Å²) < 4.78 is 68.9. The van der Waals surface area contributed by atoms with Crippen molar-refractivity contribution < 1.29 is 31.1 Å². The van der Waals surface area contributed by atoms with Crippen LogP contribution in [0.25, 0.3) is 0 Å². The SMILES string of the molecule is CS(=O)(=O)c1cc(Nc2nc(Nc3cccc(OCCN4CCNCC4)c3)ncc2F)cc(S(C)(=O)=O)c1O. The Bertz CT molecular complexity index is 1510. The molecular formula is C24H29FN6O6S2. The van der Waals surface area contributed by atoms with Crippen molar-refractivity contribution in [3.05, 3.63) is 48.4 Å². The summed E-state index contributed by atoms with van der Waals surface area (Å²) in [6, 6.07) is 9.07. The smallest absolute Gasteiger partial charge is 0.229 e. The van der Waals surface area contributed by atoms with Gasteiger partial charge in [0.2, 0.25) is 5.95 Å². The second-order valence-electron chi connectivity index (χ2n) is 8.97. The fourth-order valence-corrected chi connectivity index (χ4v) is 5.56. The molecule has 3 aromatic rings. The van der Waals surface area contributed by atoms with Gasteiger partial charge in [-0.15, -0.1) is 0 Å². The molecule has 1 aromatic heterocycles. The van der Waals surface area contributed by atoms with Gasteiger partial charge in [-0.2, -0.15) is 4.98 Å². The minimum Gasteiger partial charge on any atom is -0.505 e. The van der Waals surface area contributed by atoms with Gasteiger partial charge in [0.1, 0.15) is 22.1 Å². The zero-order chi connectivity index (χ0) is 28.2. The molecule has 0 spiro atoms. The van der Waals surface area contributed by atoms with E-state index >= 15 is 0 Å². The first-order valence-electron chi connectivity index (χ1n) is 11.9. The molecule has 2 heterocycles. The topological polar surface area (TPSA) is 163 Å². The first-order valence-corrected chi connectivity index (χ1v) is 15.7. The summed E-state index contributed by atoms with van der Waals surface area (Å²) in [5.74, 6) is -1.49. The Kier molecular flexibility index (Phi) is 8.54. The van der Waals surface area contributed by atoms with Gasteiger partial charge >= 0.3 is 0 Å². The summed E-state index contributed by atoms with van der Waals surface area (Å²) in [5, 5.41) is 19.1. The summed E-state index contributed by atoms with van der Waals surface area (Å²) in [5.41, 5.74) is 0.465. The monoisotopic (exact) mass is 580 g/mol. The molecule has 0 unspecified atom stereocenters. The van der Waals surface area contributed by atoms with Crippen LogP contribution in [-0.4, -0.2) is 88.7 Å². The fourth-order valence-electron chi connectivity index (χ4n) is 3.89. The van der Waals surface area contributed by atoms with Crippen molar-refractivity contribution in [3.8, 4) is 11.5 Å². The van der Waals surface area contributed by atoms with Gasteiger partial charge in [-0.1, -0.05) is 6.07 Å². The van der Waals surface area contributed by atoms with Crippen LogP contribution < -0.4 is 20.7 Å². The molecule has 210 valence electrons. The molecule has 1 fully saturated rings. The van der Waals surface area contributed by atoms with E-state index in [1.165, 1.54) is 0 Å². The standard InChI is InChI=1S/C24H29FN6O6S2/c1-38(33,34)20-13-17(14-21(22(20)32)39(2,35)36)28-23-19(25)15-27-24(30-23)29-16-4-3-5-18(12-16)37-11-10-31-8-6-26-7-9-31/h3-5,12-15,26,32H,6-11H2,1-2H3,(H2,27,28,29,30). The van der Waals surface area contributed by atoms with Crippen LogP contribution in [0.3, 0.4) is 0 Å². The summed E-state index contributed by atoms with van der Waals surface area (Å²) in [6.07, 6.45) is 2.53. The highest BCUT2D eigenvalue weighted by molar-refractivity contribution is 7.91. The van der Waals surface area contributed by atoms with Gasteiger partial charge in [0.25, 0.3) is 0 Å². The number of ether oxygens (including phenoxy) is 1. The van der Waals surface area contributed by atoms with Crippen molar-refractivity contribution in [1.29, 1.82) is 0 Å². The van der Waals surface area contributed by atoms with Crippen LogP contribution >= 0.6 is 0 Å². The molecule has 15 heteroatoms. The maximum atomic E-state index is 14.6. The van der Waals surface area contributed by atoms with Gasteiger partial charge in [0, 0.05) is 62.7 Å². The van der Waals surface area contributed by atoms with Crippen LogP contribution in [0.5, 0.6) is 11.5 Å². The van der Waals surface area contributed by atoms with Gasteiger partial charge < -0.3 is 25.8 Å². The average molecular weight is 581 g/mol. The molecule has 2 aromatic carbocycles. The lowest BCUT2D eigenvalue weighted by molar-refractivity contribution is 0.191. The quantitative estimate of drug-likeness (QED) is 0.258. The lowest BCUT2D eigenvalue weighted by Crippen LogP contribution is -2.44. The van der Waals surface area contributed by atoms with Crippen LogP contribution in [0.4, 0.5) is 27.5 Å². The third-order valence-corrected chi connectivity index (χ3v) is 8.04. The predicted molar refractivity (Wildman–Crippen MR) is 144 cm³/mol. The third-order valence-electron chi connectivity index (χ3n) is 5.82. The molecule has 0 saturated carbocycles. The van der Waals surface area contributed by atoms with E-state index in [1.807, 2.05) is 6.07 Å². The second-order valence-corrected chi connectivity index (χ2v) is 12.9. The molecule has 1 saturated heterocycles. The van der Waals surface area contributed by atoms with E-state index < -0.39 is 41.0 Å². The molecule has 0 atom stereocenters. The lowest BCUT2D eigenvalue weighted by Gasteiger charge is -2.26. The summed E-state index contributed by atoms with van der Waals surface area (Å²) >= 11 is 0. The minimum absolute atomic E-state index is 0.0160. The van der Waals surface area contributed by atoms with E-state index in [0.29, 0.717) is 18.0 Å². The van der Waals surface area contributed by atoms with Crippen LogP contribution in [0.1, 0.15) is 0 Å². The number of nitrogens with one attached hydrogen (secondary N) is 3. The van der Waals surface area contributed by atoms with Crippen LogP contribution in [0.15, 0.2) is 52.4 Å². The van der Waals surface area contributed by atoms with Gasteiger partial charge in [-0.3, -0.25) is 4.90 Å². The number of phenols is 1. The number of anilines is 4. The second kappa shape index (κ2) is 11.7. The van der Waals surface area contributed by atoms with Crippen molar-refractivity contribution >= 4 is 42.8 Å². The van der Waals surface area contributed by atoms with E-state index in [9.17, 15) is 26.3 Å². The van der Waals surface area contributed by atoms with E-state index in [4.69, 9.17) is 4.74 Å². The number of sulfone groups is 2. The maximum Gasteiger partial charge on any atom is 0.229 e. The molecule has 0 aliphatic carbocycles. The Balaban J connectivity index is 1.51. The summed E-state index contributed by atoms with van der Waals surface area (Å²) in [4.78, 5) is 9.08. The number of halogens is 1. The average Bonchev–Trinajstić information content (AvgIpc) is 2.86. The van der Waals surface area contributed by atoms with Crippen molar-refractivity contribution in [2.24, 2.45) is 0 Å². The molecule has 1 aliphatic rings. The highest BCUT2D eigenvalue weighted by Crippen LogP contribution is 2.35. The van der Waals surface area contributed by atoms with E-state index in [0.717, 1.165) is 63.6 Å². The molecule has 39 heavy (non-hydrogen) atoms. The highest BCUT2D eigenvalue weighted by atomic mass is 32.2. The lowest BCUT2D eigenvalue weighted by atomic mass is 10.3. The number of nitrogens with zero attached hydrogens (tertiary/aromatic N) is 3. The van der Waals surface area contributed by atoms with E-state index in [2.05, 4.69) is 30.8 Å². The number of rotatable bonds is 10. The Hall–Kier alpha value is -3.53. The Morgan fingerprint density at radius 2 is 1.69 bits per heavy atom. The molecule has 0 bridgehead atoms. The zero-order valence-electron chi connectivity index (χ0n) is 21.3. The first-order chi connectivity index (χ1) is 18.4. The number of piperazine rings is 1. The summed E-state index contributed by atoms with van der Waals surface area (Å²) in [6.45, 7) is 5.17. The molecule has 0 radical (unpaired) electrons. The fraction of sp³-hybridized carbons (Fsp3) is 0.333. The third kappa shape index (κ3) is 7.53. The van der Waals surface area contributed by atoms with Gasteiger partial charge in [0.15, 0.2) is 37.1 Å². The molecule has 4 N–H and O–H groups in total. The maximum absolute atomic E-state index is 14.6. The number of benzene rings is 2. The van der Waals surface area contributed by atoms with Gasteiger partial charge in [0.05, 0.1) is 6.20 Å². The number of hydrogen-bond acceptors (Lipinski definition) is 12. The number of aromatic hydroxyl groups is 1. The number of aromatic nitrogens is 2. The molecule has 1 aliphatic heterocycles. The molecule has 4 rings (SSSR count). The van der Waals surface area contributed by atoms with Crippen molar-refractivity contribution in [3.63, 3.8) is 0 Å². The van der Waals surface area contributed by atoms with Crippen LogP contribution in [-0.2, 0) is 19.7 Å². The van der Waals surface area contributed by atoms with Gasteiger partial charge in [-0.25, -0.2) is 26.2 Å². The van der Waals surface area contributed by atoms with Gasteiger partial charge in [-0.05, 0) is 24.3 Å². The van der Waals surface area contributed by atoms with Crippen molar-refractivity contribution in [1.82, 2.24) is 20.2 Å². The molecule has 12 nitrogen and oxygen atoms in total. The molecule has 0 amide bonds. The highest BCUT2D eigenvalue weighted by Gasteiger charge is 2.24.